The molecule has 0 saturated carbocycles. The first kappa shape index (κ1) is 18.4. The summed E-state index contributed by atoms with van der Waals surface area (Å²) in [5.41, 5.74) is 0.508. The summed E-state index contributed by atoms with van der Waals surface area (Å²) in [6.45, 7) is 5.44. The summed E-state index contributed by atoms with van der Waals surface area (Å²) < 4.78 is 26.5. The van der Waals surface area contributed by atoms with Gasteiger partial charge in [-0.3, -0.25) is 4.79 Å². The van der Waals surface area contributed by atoms with Crippen molar-refractivity contribution in [2.75, 3.05) is 39.3 Å². The molecule has 2 aliphatic rings. The highest BCUT2D eigenvalue weighted by molar-refractivity contribution is 7.89. The quantitative estimate of drug-likeness (QED) is 0.681. The SMILES string of the molecule is O=C(NCCC[NH+]1CCCC1)c1ccc(S(=O)(=O)N2CCCC2)cc1. The predicted molar refractivity (Wildman–Crippen MR) is 96.2 cm³/mol. The van der Waals surface area contributed by atoms with Gasteiger partial charge in [-0.1, -0.05) is 0 Å². The fourth-order valence-electron chi connectivity index (χ4n) is 3.62. The van der Waals surface area contributed by atoms with E-state index < -0.39 is 10.0 Å². The summed E-state index contributed by atoms with van der Waals surface area (Å²) in [6.07, 6.45) is 5.43. The molecule has 1 amide bonds. The number of rotatable bonds is 7. The second-order valence-corrected chi connectivity index (χ2v) is 8.89. The molecule has 2 heterocycles. The Morgan fingerprint density at radius 2 is 1.68 bits per heavy atom. The highest BCUT2D eigenvalue weighted by Gasteiger charge is 2.27. The molecule has 7 heteroatoms. The van der Waals surface area contributed by atoms with E-state index in [2.05, 4.69) is 5.32 Å². The van der Waals surface area contributed by atoms with Crippen molar-refractivity contribution >= 4 is 15.9 Å². The largest absolute Gasteiger partial charge is 0.352 e. The summed E-state index contributed by atoms with van der Waals surface area (Å²) in [4.78, 5) is 14.1. The lowest BCUT2D eigenvalue weighted by Crippen LogP contribution is -3.10. The zero-order valence-electron chi connectivity index (χ0n) is 14.7. The molecule has 0 atom stereocenters. The van der Waals surface area contributed by atoms with Gasteiger partial charge in [-0.05, 0) is 37.1 Å². The van der Waals surface area contributed by atoms with Crippen LogP contribution in [0, 0.1) is 0 Å². The molecule has 1 aromatic rings. The summed E-state index contributed by atoms with van der Waals surface area (Å²) in [7, 11) is -3.41. The van der Waals surface area contributed by atoms with E-state index in [1.54, 1.807) is 17.0 Å². The van der Waals surface area contributed by atoms with E-state index >= 15 is 0 Å². The normalized spacial score (nSPS) is 19.4. The van der Waals surface area contributed by atoms with Crippen LogP contribution >= 0.6 is 0 Å². The molecule has 0 bridgehead atoms. The van der Waals surface area contributed by atoms with Gasteiger partial charge in [0.25, 0.3) is 5.91 Å². The Balaban J connectivity index is 1.50. The molecular formula is C18H28N3O3S+. The van der Waals surface area contributed by atoms with E-state index in [4.69, 9.17) is 0 Å². The first-order chi connectivity index (χ1) is 12.1. The topological polar surface area (TPSA) is 70.9 Å². The van der Waals surface area contributed by atoms with Crippen LogP contribution in [0.15, 0.2) is 29.2 Å². The molecule has 0 aromatic heterocycles. The third kappa shape index (κ3) is 4.59. The smallest absolute Gasteiger partial charge is 0.251 e. The van der Waals surface area contributed by atoms with Gasteiger partial charge in [0, 0.05) is 44.5 Å². The number of quaternary nitrogens is 1. The molecule has 6 nitrogen and oxygen atoms in total. The maximum absolute atomic E-state index is 12.5. The van der Waals surface area contributed by atoms with Crippen LogP contribution in [0.1, 0.15) is 42.5 Å². The number of benzene rings is 1. The van der Waals surface area contributed by atoms with E-state index in [-0.39, 0.29) is 10.8 Å². The number of nitrogens with one attached hydrogen (secondary N) is 2. The van der Waals surface area contributed by atoms with Crippen LogP contribution in [0.25, 0.3) is 0 Å². The Labute approximate surface area is 150 Å². The van der Waals surface area contributed by atoms with Crippen molar-refractivity contribution in [3.8, 4) is 0 Å². The minimum absolute atomic E-state index is 0.137. The third-order valence-corrected chi connectivity index (χ3v) is 7.04. The molecule has 0 unspecified atom stereocenters. The van der Waals surface area contributed by atoms with Crippen molar-refractivity contribution in [1.82, 2.24) is 9.62 Å². The minimum Gasteiger partial charge on any atom is -0.352 e. The average Bonchev–Trinajstić information content (AvgIpc) is 3.32. The van der Waals surface area contributed by atoms with Crippen LogP contribution in [0.2, 0.25) is 0 Å². The number of carbonyl (C=O) groups is 1. The van der Waals surface area contributed by atoms with Crippen LogP contribution in [-0.4, -0.2) is 57.9 Å². The first-order valence-electron chi connectivity index (χ1n) is 9.29. The number of sulfonamides is 1. The molecule has 0 aliphatic carbocycles. The van der Waals surface area contributed by atoms with Gasteiger partial charge in [0.2, 0.25) is 10.0 Å². The van der Waals surface area contributed by atoms with Gasteiger partial charge >= 0.3 is 0 Å². The van der Waals surface area contributed by atoms with E-state index in [0.29, 0.717) is 25.2 Å². The maximum Gasteiger partial charge on any atom is 0.251 e. The van der Waals surface area contributed by atoms with Gasteiger partial charge in [-0.15, -0.1) is 0 Å². The Morgan fingerprint density at radius 1 is 1.04 bits per heavy atom. The van der Waals surface area contributed by atoms with E-state index in [0.717, 1.165) is 25.8 Å². The molecule has 2 fully saturated rings. The highest BCUT2D eigenvalue weighted by atomic mass is 32.2. The van der Waals surface area contributed by atoms with Crippen molar-refractivity contribution < 1.29 is 18.1 Å². The summed E-state index contributed by atoms with van der Waals surface area (Å²) >= 11 is 0. The molecule has 0 spiro atoms. The van der Waals surface area contributed by atoms with Gasteiger partial charge < -0.3 is 10.2 Å². The molecule has 2 aliphatic heterocycles. The lowest BCUT2D eigenvalue weighted by atomic mass is 10.2. The molecule has 2 saturated heterocycles. The van der Waals surface area contributed by atoms with Crippen molar-refractivity contribution in [1.29, 1.82) is 0 Å². The van der Waals surface area contributed by atoms with Gasteiger partial charge in [0.1, 0.15) is 0 Å². The van der Waals surface area contributed by atoms with E-state index in [1.165, 1.54) is 42.4 Å². The van der Waals surface area contributed by atoms with Crippen LogP contribution in [0.3, 0.4) is 0 Å². The number of amides is 1. The summed E-state index contributed by atoms with van der Waals surface area (Å²) in [6, 6.07) is 6.28. The van der Waals surface area contributed by atoms with Crippen molar-refractivity contribution in [2.45, 2.75) is 37.0 Å². The minimum atomic E-state index is -3.41. The van der Waals surface area contributed by atoms with Crippen molar-refractivity contribution in [3.05, 3.63) is 29.8 Å². The molecule has 3 rings (SSSR count). The second-order valence-electron chi connectivity index (χ2n) is 6.95. The monoisotopic (exact) mass is 366 g/mol. The lowest BCUT2D eigenvalue weighted by molar-refractivity contribution is -0.887. The molecule has 1 aromatic carbocycles. The second kappa shape index (κ2) is 8.29. The third-order valence-electron chi connectivity index (χ3n) is 5.12. The average molecular weight is 367 g/mol. The highest BCUT2D eigenvalue weighted by Crippen LogP contribution is 2.21. The van der Waals surface area contributed by atoms with Crippen LogP contribution < -0.4 is 10.2 Å². The van der Waals surface area contributed by atoms with Crippen LogP contribution in [0.4, 0.5) is 0 Å². The summed E-state index contributed by atoms with van der Waals surface area (Å²) in [5, 5.41) is 2.92. The Hall–Kier alpha value is -1.44. The van der Waals surface area contributed by atoms with Crippen molar-refractivity contribution in [2.24, 2.45) is 0 Å². The van der Waals surface area contributed by atoms with E-state index in [9.17, 15) is 13.2 Å². The fraction of sp³-hybridized carbons (Fsp3) is 0.611. The van der Waals surface area contributed by atoms with Gasteiger partial charge in [-0.2, -0.15) is 4.31 Å². The van der Waals surface area contributed by atoms with Gasteiger partial charge in [-0.25, -0.2) is 8.42 Å². The zero-order chi connectivity index (χ0) is 17.7. The number of carbonyl (C=O) groups excluding carboxylic acids is 1. The van der Waals surface area contributed by atoms with Crippen LogP contribution in [0.5, 0.6) is 0 Å². The standard InChI is InChI=1S/C18H27N3O3S/c22-18(19-10-5-13-20-11-1-2-12-20)16-6-8-17(9-7-16)25(23,24)21-14-3-4-15-21/h6-9H,1-5,10-15H2,(H,19,22)/p+1. The lowest BCUT2D eigenvalue weighted by Gasteiger charge is -2.15. The predicted octanol–water partition coefficient (Wildman–Crippen LogP) is 0.270. The molecule has 25 heavy (non-hydrogen) atoms. The van der Waals surface area contributed by atoms with Gasteiger partial charge in [0.15, 0.2) is 0 Å². The van der Waals surface area contributed by atoms with Crippen LogP contribution in [-0.2, 0) is 10.0 Å². The van der Waals surface area contributed by atoms with Crippen molar-refractivity contribution in [3.63, 3.8) is 0 Å². The Morgan fingerprint density at radius 3 is 2.32 bits per heavy atom. The zero-order valence-corrected chi connectivity index (χ0v) is 15.5. The number of hydrogen-bond acceptors (Lipinski definition) is 3. The number of likely N-dealkylation sites (tertiary alicyclic amines) is 1. The fourth-order valence-corrected chi connectivity index (χ4v) is 5.14. The van der Waals surface area contributed by atoms with E-state index in [1.807, 2.05) is 0 Å². The molecule has 0 radical (unpaired) electrons. The Kier molecular flexibility index (Phi) is 6.09. The first-order valence-corrected chi connectivity index (χ1v) is 10.7. The number of hydrogen-bond donors (Lipinski definition) is 2. The van der Waals surface area contributed by atoms with Gasteiger partial charge in [0.05, 0.1) is 24.5 Å². The molecule has 138 valence electrons. The number of nitrogens with zero attached hydrogens (tertiary/aromatic N) is 1. The molecular weight excluding hydrogens is 338 g/mol. The molecule has 2 N–H and O–H groups in total. The maximum atomic E-state index is 12.5. The Bertz CT molecular complexity index is 676. The summed E-state index contributed by atoms with van der Waals surface area (Å²) in [5.74, 6) is -0.137.